The van der Waals surface area contributed by atoms with Gasteiger partial charge in [0.15, 0.2) is 0 Å². The maximum atomic E-state index is 7.00. The molecule has 0 aliphatic carbocycles. The summed E-state index contributed by atoms with van der Waals surface area (Å²) in [5.74, 6) is 0. The Hall–Kier alpha value is -0.200. The lowest BCUT2D eigenvalue weighted by Crippen LogP contribution is -1.25. The first-order valence-electron chi connectivity index (χ1n) is 0.447. The summed E-state index contributed by atoms with van der Waals surface area (Å²) in [5.41, 5.74) is 0. The molecule has 0 bridgehead atoms. The Morgan fingerprint density at radius 2 is 0.667 bits per heavy atom. The molecule has 0 amide bonds. The number of rotatable bonds is 0. The van der Waals surface area contributed by atoms with Crippen LogP contribution in [0.4, 0.5) is 0 Å². The molecule has 0 atom stereocenters. The van der Waals surface area contributed by atoms with Crippen molar-refractivity contribution in [1.29, 1.82) is 0 Å². The van der Waals surface area contributed by atoms with Gasteiger partial charge in [-0.25, -0.2) is 0 Å². The van der Waals surface area contributed by atoms with Crippen LogP contribution in [0.15, 0.2) is 0 Å². The molecule has 6 heavy (non-hydrogen) atoms. The van der Waals surface area contributed by atoms with Crippen molar-refractivity contribution in [2.24, 2.45) is 0 Å². The molecule has 5 nitrogen and oxygen atoms in total. The van der Waals surface area contributed by atoms with Crippen molar-refractivity contribution in [2.45, 2.75) is 0 Å². The molecule has 0 saturated carbocycles. The molecule has 0 aromatic rings. The molecule has 0 aromatic heterocycles. The first-order chi connectivity index (χ1) is 1.00. The quantitative estimate of drug-likeness (QED) is 0.331. The number of hydrogen-bond acceptors (Lipinski definition) is 1. The largest absolute Gasteiger partial charge is 0.412 e. The van der Waals surface area contributed by atoms with Crippen molar-refractivity contribution in [3.63, 3.8) is 0 Å². The molecular formula is CH12O5. The summed E-state index contributed by atoms with van der Waals surface area (Å²) in [6.45, 7) is 0. The van der Waals surface area contributed by atoms with Crippen molar-refractivity contribution in [2.75, 3.05) is 7.11 Å². The van der Waals surface area contributed by atoms with E-state index in [1.807, 2.05) is 0 Å². The van der Waals surface area contributed by atoms with Gasteiger partial charge in [-0.1, -0.05) is 0 Å². The lowest BCUT2D eigenvalue weighted by molar-refractivity contribution is 0.399. The normalized spacial score (nSPS) is 1.00. The van der Waals surface area contributed by atoms with Crippen molar-refractivity contribution >= 4 is 0 Å². The van der Waals surface area contributed by atoms with Crippen LogP contribution in [0, 0.1) is 0 Å². The summed E-state index contributed by atoms with van der Waals surface area (Å²) in [6, 6.07) is 0. The first-order valence-corrected chi connectivity index (χ1v) is 0.447. The van der Waals surface area contributed by atoms with Crippen molar-refractivity contribution < 1.29 is 27.0 Å². The van der Waals surface area contributed by atoms with Crippen molar-refractivity contribution in [3.05, 3.63) is 0 Å². The van der Waals surface area contributed by atoms with E-state index >= 15 is 0 Å². The molecule has 0 rings (SSSR count). The van der Waals surface area contributed by atoms with Crippen molar-refractivity contribution in [1.82, 2.24) is 0 Å². The first kappa shape index (κ1) is 209. The third-order valence-electron chi connectivity index (χ3n) is 0. The molecular weight excluding hydrogens is 92.0 g/mol. The lowest BCUT2D eigenvalue weighted by atomic mass is 11.8. The molecule has 46 valence electrons. The smallest absolute Gasteiger partial charge is 0.0319 e. The molecule has 0 saturated heterocycles. The summed E-state index contributed by atoms with van der Waals surface area (Å²) in [4.78, 5) is 0. The van der Waals surface area contributed by atoms with Crippen LogP contribution in [0.2, 0.25) is 0 Å². The third kappa shape index (κ3) is 745. The van der Waals surface area contributed by atoms with E-state index in [0.29, 0.717) is 0 Å². The Balaban J connectivity index is -0.000000000833. The number of aliphatic hydroxyl groups is 1. The molecule has 0 aliphatic heterocycles. The fourth-order valence-electron chi connectivity index (χ4n) is 0. The Morgan fingerprint density at radius 3 is 0.667 bits per heavy atom. The van der Waals surface area contributed by atoms with Gasteiger partial charge in [0.25, 0.3) is 0 Å². The van der Waals surface area contributed by atoms with E-state index in [9.17, 15) is 0 Å². The average Bonchev–Trinajstić information content (AvgIpc) is 1.00. The van der Waals surface area contributed by atoms with Gasteiger partial charge in [-0.3, -0.25) is 0 Å². The van der Waals surface area contributed by atoms with Crippen LogP contribution in [-0.4, -0.2) is 34.1 Å². The zero-order chi connectivity index (χ0) is 2.00. The van der Waals surface area contributed by atoms with Crippen LogP contribution in [0.3, 0.4) is 0 Å². The van der Waals surface area contributed by atoms with Gasteiger partial charge in [0.05, 0.1) is 0 Å². The van der Waals surface area contributed by atoms with Crippen molar-refractivity contribution in [3.8, 4) is 0 Å². The number of aliphatic hydroxyl groups excluding tert-OH is 1. The SMILES string of the molecule is CO.O.O.O.O. The Morgan fingerprint density at radius 1 is 0.667 bits per heavy atom. The topological polar surface area (TPSA) is 146 Å². The lowest BCUT2D eigenvalue weighted by Gasteiger charge is -1.21. The van der Waals surface area contributed by atoms with Crippen LogP contribution in [-0.2, 0) is 0 Å². The molecule has 9 N–H and O–H groups in total. The van der Waals surface area contributed by atoms with E-state index in [-0.39, 0.29) is 21.9 Å². The summed E-state index contributed by atoms with van der Waals surface area (Å²) in [6.07, 6.45) is 0. The molecule has 0 heterocycles. The van der Waals surface area contributed by atoms with E-state index in [1.165, 1.54) is 0 Å². The molecule has 0 fully saturated rings. The highest BCUT2D eigenvalue weighted by Gasteiger charge is 0.839. The fourth-order valence-corrected chi connectivity index (χ4v) is 0. The van der Waals surface area contributed by atoms with Gasteiger partial charge in [0.2, 0.25) is 0 Å². The van der Waals surface area contributed by atoms with Crippen LogP contribution < -0.4 is 0 Å². The van der Waals surface area contributed by atoms with Gasteiger partial charge in [-0.15, -0.1) is 0 Å². The van der Waals surface area contributed by atoms with Crippen LogP contribution in [0.5, 0.6) is 0 Å². The van der Waals surface area contributed by atoms with Gasteiger partial charge >= 0.3 is 0 Å². The summed E-state index contributed by atoms with van der Waals surface area (Å²) < 4.78 is 0. The predicted octanol–water partition coefficient (Wildman–Crippen LogP) is -3.69. The minimum Gasteiger partial charge on any atom is -0.412 e. The maximum Gasteiger partial charge on any atom is 0.0319 e. The highest BCUT2D eigenvalue weighted by atomic mass is 16.2. The van der Waals surface area contributed by atoms with E-state index in [2.05, 4.69) is 0 Å². The molecule has 5 heteroatoms. The van der Waals surface area contributed by atoms with Gasteiger partial charge in [0, 0.05) is 7.11 Å². The molecule has 0 spiro atoms. The molecule has 0 unspecified atom stereocenters. The van der Waals surface area contributed by atoms with Crippen LogP contribution in [0.1, 0.15) is 0 Å². The van der Waals surface area contributed by atoms with E-state index < -0.39 is 0 Å². The third-order valence-corrected chi connectivity index (χ3v) is 0. The summed E-state index contributed by atoms with van der Waals surface area (Å²) >= 11 is 0. The second kappa shape index (κ2) is 1730. The Labute approximate surface area is 35.5 Å². The predicted molar refractivity (Wildman–Crippen MR) is 22.6 cm³/mol. The Kier molecular flexibility index (Phi) is 60300. The van der Waals surface area contributed by atoms with Gasteiger partial charge in [-0.05, 0) is 0 Å². The zero-order valence-corrected chi connectivity index (χ0v) is 3.45. The highest BCUT2D eigenvalue weighted by molar-refractivity contribution is 3.18. The van der Waals surface area contributed by atoms with E-state index in [4.69, 9.17) is 5.11 Å². The van der Waals surface area contributed by atoms with Gasteiger partial charge in [-0.2, -0.15) is 0 Å². The molecule has 0 aromatic carbocycles. The van der Waals surface area contributed by atoms with Gasteiger partial charge < -0.3 is 27.0 Å². The standard InChI is InChI=1S/CH4O.4H2O/c1-2;;;;/h2H,1H3;4*1H2. The monoisotopic (exact) mass is 104 g/mol. The summed E-state index contributed by atoms with van der Waals surface area (Å²) in [7, 11) is 1.00. The molecule has 0 aliphatic rings. The van der Waals surface area contributed by atoms with Gasteiger partial charge in [0.1, 0.15) is 0 Å². The maximum absolute atomic E-state index is 7.00. The zero-order valence-electron chi connectivity index (χ0n) is 3.45. The second-order valence-electron chi connectivity index (χ2n) is 0. The minimum atomic E-state index is 0. The van der Waals surface area contributed by atoms with E-state index in [0.717, 1.165) is 7.11 Å². The summed E-state index contributed by atoms with van der Waals surface area (Å²) in [5, 5.41) is 7.00. The van der Waals surface area contributed by atoms with E-state index in [1.54, 1.807) is 0 Å². The minimum absolute atomic E-state index is 0. The second-order valence-corrected chi connectivity index (χ2v) is 0. The van der Waals surface area contributed by atoms with Crippen LogP contribution in [0.25, 0.3) is 0 Å². The highest BCUT2D eigenvalue weighted by Crippen LogP contribution is 0.755. The Bertz CT molecular complexity index is 3.90. The average molecular weight is 104 g/mol. The molecule has 0 radical (unpaired) electrons. The number of hydrogen-bond donors (Lipinski definition) is 1. The van der Waals surface area contributed by atoms with Crippen LogP contribution >= 0.6 is 0 Å². The fraction of sp³-hybridized carbons (Fsp3) is 1.00.